The van der Waals surface area contributed by atoms with Gasteiger partial charge in [0.2, 0.25) is 11.8 Å². The van der Waals surface area contributed by atoms with Crippen LogP contribution in [-0.4, -0.2) is 87.3 Å². The molecule has 9 nitrogen and oxygen atoms in total. The number of carboxylic acid groups (broad SMARTS) is 1. The van der Waals surface area contributed by atoms with Crippen LogP contribution in [0.2, 0.25) is 10.0 Å². The van der Waals surface area contributed by atoms with Crippen LogP contribution in [0.4, 0.5) is 19.1 Å². The number of pyridine rings is 1. The summed E-state index contributed by atoms with van der Waals surface area (Å²) >= 11 is 12.5. The number of anilines is 1. The second-order valence-corrected chi connectivity index (χ2v) is 12.1. The number of benzene rings is 1. The monoisotopic (exact) mass is 652 g/mol. The zero-order valence-electron chi connectivity index (χ0n) is 24.1. The minimum atomic E-state index is -4.26. The number of carboxylic acids is 1. The van der Waals surface area contributed by atoms with Gasteiger partial charge in [-0.3, -0.25) is 14.6 Å². The number of piperidine rings is 1. The van der Waals surface area contributed by atoms with Crippen LogP contribution in [0.25, 0.3) is 11.3 Å². The van der Waals surface area contributed by atoms with Crippen molar-refractivity contribution < 1.29 is 27.8 Å². The third-order valence-corrected chi connectivity index (χ3v) is 8.49. The van der Waals surface area contributed by atoms with Crippen molar-refractivity contribution in [1.29, 1.82) is 0 Å². The van der Waals surface area contributed by atoms with Crippen molar-refractivity contribution in [3.05, 3.63) is 58.3 Å². The zero-order valence-corrected chi connectivity index (χ0v) is 25.6. The van der Waals surface area contributed by atoms with Gasteiger partial charge < -0.3 is 14.7 Å². The fourth-order valence-electron chi connectivity index (χ4n) is 5.57. The third kappa shape index (κ3) is 8.50. The second-order valence-electron chi connectivity index (χ2n) is 11.2. The van der Waals surface area contributed by atoms with Gasteiger partial charge in [0, 0.05) is 60.8 Å². The molecule has 0 spiro atoms. The van der Waals surface area contributed by atoms with Gasteiger partial charge in [-0.05, 0) is 68.6 Å². The van der Waals surface area contributed by atoms with Gasteiger partial charge in [0.1, 0.15) is 6.04 Å². The van der Waals surface area contributed by atoms with E-state index in [0.29, 0.717) is 53.0 Å². The first-order valence-corrected chi connectivity index (χ1v) is 15.2. The van der Waals surface area contributed by atoms with E-state index in [-0.39, 0.29) is 25.4 Å². The van der Waals surface area contributed by atoms with Gasteiger partial charge in [-0.2, -0.15) is 13.2 Å². The molecule has 5 rings (SSSR count). The van der Waals surface area contributed by atoms with Crippen LogP contribution >= 0.6 is 23.2 Å². The molecule has 1 aromatic carbocycles. The summed E-state index contributed by atoms with van der Waals surface area (Å²) < 4.78 is 45.4. The first-order valence-electron chi connectivity index (χ1n) is 14.4. The number of aliphatic carboxylic acids is 1. The highest BCUT2D eigenvalue weighted by Crippen LogP contribution is 2.31. The van der Waals surface area contributed by atoms with Crippen molar-refractivity contribution in [1.82, 2.24) is 24.8 Å². The van der Waals surface area contributed by atoms with Gasteiger partial charge in [-0.15, -0.1) is 0 Å². The molecule has 0 amide bonds. The molecule has 44 heavy (non-hydrogen) atoms. The van der Waals surface area contributed by atoms with Crippen molar-refractivity contribution in [3.8, 4) is 22.9 Å². The predicted octanol–water partition coefficient (Wildman–Crippen LogP) is 6.40. The first-order chi connectivity index (χ1) is 20.9. The van der Waals surface area contributed by atoms with E-state index >= 15 is 0 Å². The minimum absolute atomic E-state index is 0.180. The molecular weight excluding hydrogens is 620 g/mol. The summed E-state index contributed by atoms with van der Waals surface area (Å²) in [7, 11) is 0. The van der Waals surface area contributed by atoms with Crippen LogP contribution in [-0.2, 0) is 11.3 Å². The van der Waals surface area contributed by atoms with Crippen LogP contribution in [0.3, 0.4) is 0 Å². The molecule has 0 aliphatic carbocycles. The molecule has 2 saturated heterocycles. The number of halogens is 5. The minimum Gasteiger partial charge on any atom is -0.481 e. The normalized spacial score (nSPS) is 17.9. The van der Waals surface area contributed by atoms with E-state index in [1.807, 2.05) is 17.0 Å². The smallest absolute Gasteiger partial charge is 0.403 e. The fourth-order valence-corrected chi connectivity index (χ4v) is 6.09. The Hall–Kier alpha value is -3.19. The van der Waals surface area contributed by atoms with Crippen molar-refractivity contribution in [3.63, 3.8) is 0 Å². The number of hydrogen-bond acceptors (Lipinski definition) is 8. The number of nitrogens with zero attached hydrogens (tertiary/aromatic N) is 6. The van der Waals surface area contributed by atoms with E-state index < -0.39 is 18.2 Å². The number of hydrogen-bond donors (Lipinski definition) is 1. The molecule has 14 heteroatoms. The summed E-state index contributed by atoms with van der Waals surface area (Å²) in [5, 5.41) is 10.1. The predicted molar refractivity (Wildman–Crippen MR) is 161 cm³/mol. The molecule has 2 fully saturated rings. The number of aromatic nitrogens is 3. The van der Waals surface area contributed by atoms with Crippen molar-refractivity contribution in [2.24, 2.45) is 5.92 Å². The molecule has 3 aromatic rings. The van der Waals surface area contributed by atoms with E-state index in [1.165, 1.54) is 24.2 Å². The van der Waals surface area contributed by atoms with Gasteiger partial charge in [0.15, 0.2) is 5.75 Å². The van der Waals surface area contributed by atoms with Gasteiger partial charge in [-0.25, -0.2) is 15.0 Å². The maximum absolute atomic E-state index is 13.1. The maximum Gasteiger partial charge on any atom is 0.403 e. The van der Waals surface area contributed by atoms with Crippen LogP contribution in [0.1, 0.15) is 31.7 Å². The molecule has 2 aliphatic rings. The highest BCUT2D eigenvalue weighted by atomic mass is 35.5. The van der Waals surface area contributed by atoms with Gasteiger partial charge >= 0.3 is 12.1 Å². The molecule has 2 aromatic heterocycles. The summed E-state index contributed by atoms with van der Waals surface area (Å²) in [5.74, 6) is 0.505. The summed E-state index contributed by atoms with van der Waals surface area (Å²) in [6.45, 7) is 4.64. The molecule has 0 bridgehead atoms. The van der Waals surface area contributed by atoms with E-state index in [1.54, 1.807) is 18.2 Å². The standard InChI is InChI=1S/C30H33Cl2F3N6O3/c1-19(30(33,34)35)40-6-8-41(9-7-40)29-36-16-25(17-37-29)44-27-11-21(18-39-4-2-20(3-5-39)12-28(42)43)10-26(38-27)22-13-23(31)15-24(32)14-22/h10-11,13-17,19-20H,2-9,12,18H2,1H3,(H,42,43). The molecule has 0 radical (unpaired) electrons. The Morgan fingerprint density at radius 1 is 1.00 bits per heavy atom. The Kier molecular flexibility index (Phi) is 10.1. The Morgan fingerprint density at radius 2 is 1.64 bits per heavy atom. The average Bonchev–Trinajstić information content (AvgIpc) is 2.97. The van der Waals surface area contributed by atoms with Crippen LogP contribution < -0.4 is 9.64 Å². The number of carbonyl (C=O) groups is 1. The lowest BCUT2D eigenvalue weighted by Gasteiger charge is -2.38. The maximum atomic E-state index is 13.1. The van der Waals surface area contributed by atoms with E-state index in [0.717, 1.165) is 37.1 Å². The number of ether oxygens (including phenoxy) is 1. The molecule has 1 N–H and O–H groups in total. The van der Waals surface area contributed by atoms with E-state index in [4.69, 9.17) is 33.0 Å². The molecular formula is C30H33Cl2F3N6O3. The van der Waals surface area contributed by atoms with Gasteiger partial charge in [-0.1, -0.05) is 23.2 Å². The summed E-state index contributed by atoms with van der Waals surface area (Å²) in [6, 6.07) is 7.48. The number of rotatable bonds is 9. The Balaban J connectivity index is 1.29. The van der Waals surface area contributed by atoms with Crippen LogP contribution in [0.5, 0.6) is 11.6 Å². The lowest BCUT2D eigenvalue weighted by molar-refractivity contribution is -0.179. The Bertz CT molecular complexity index is 1430. The molecule has 4 heterocycles. The molecule has 2 aliphatic heterocycles. The highest BCUT2D eigenvalue weighted by molar-refractivity contribution is 6.35. The molecule has 1 unspecified atom stereocenters. The topological polar surface area (TPSA) is 94.9 Å². The molecule has 236 valence electrons. The number of likely N-dealkylation sites (tertiary alicyclic amines) is 1. The van der Waals surface area contributed by atoms with Crippen molar-refractivity contribution in [2.45, 2.75) is 44.9 Å². The lowest BCUT2D eigenvalue weighted by atomic mass is 9.93. The zero-order chi connectivity index (χ0) is 31.4. The third-order valence-electron chi connectivity index (χ3n) is 8.05. The lowest BCUT2D eigenvalue weighted by Crippen LogP contribution is -2.54. The van der Waals surface area contributed by atoms with E-state index in [9.17, 15) is 18.0 Å². The van der Waals surface area contributed by atoms with Crippen LogP contribution in [0.15, 0.2) is 42.7 Å². The number of alkyl halides is 3. The summed E-state index contributed by atoms with van der Waals surface area (Å²) in [5.41, 5.74) is 2.28. The second kappa shape index (κ2) is 13.8. The molecule has 1 atom stereocenters. The molecule has 0 saturated carbocycles. The summed E-state index contributed by atoms with van der Waals surface area (Å²) in [4.78, 5) is 30.1. The Labute approximate surface area is 263 Å². The fraction of sp³-hybridized carbons (Fsp3) is 0.467. The Morgan fingerprint density at radius 3 is 2.23 bits per heavy atom. The van der Waals surface area contributed by atoms with E-state index in [2.05, 4.69) is 19.9 Å². The first kappa shape index (κ1) is 32.2. The SMILES string of the molecule is CC(N1CCN(c2ncc(Oc3cc(CN4CCC(CC(=O)O)CC4)cc(-c4cc(Cl)cc(Cl)c4)n3)cn2)CC1)C(F)(F)F. The number of piperazine rings is 1. The van der Waals surface area contributed by atoms with Crippen molar-refractivity contribution in [2.75, 3.05) is 44.2 Å². The van der Waals surface area contributed by atoms with Gasteiger partial charge in [0.25, 0.3) is 0 Å². The summed E-state index contributed by atoms with van der Waals surface area (Å²) in [6.07, 6.45) is 0.597. The average molecular weight is 654 g/mol. The van der Waals surface area contributed by atoms with Gasteiger partial charge in [0.05, 0.1) is 18.1 Å². The largest absolute Gasteiger partial charge is 0.481 e. The quantitative estimate of drug-likeness (QED) is 0.282. The van der Waals surface area contributed by atoms with Crippen molar-refractivity contribution >= 4 is 35.1 Å². The van der Waals surface area contributed by atoms with Crippen LogP contribution in [0, 0.1) is 5.92 Å². The highest BCUT2D eigenvalue weighted by Gasteiger charge is 2.41.